The molecule has 2 rings (SSSR count). The summed E-state index contributed by atoms with van der Waals surface area (Å²) in [5, 5.41) is 5.92. The normalized spacial score (nSPS) is 20.2. The number of benzene rings is 1. The first kappa shape index (κ1) is 14.0. The number of nitrogens with zero attached hydrogens (tertiary/aromatic N) is 1. The van der Waals surface area contributed by atoms with Gasteiger partial charge in [-0.25, -0.2) is 4.39 Å². The highest BCUT2D eigenvalue weighted by Gasteiger charge is 2.18. The van der Waals surface area contributed by atoms with Crippen LogP contribution in [0.1, 0.15) is 13.3 Å². The maximum Gasteiger partial charge on any atom is 0.225 e. The van der Waals surface area contributed by atoms with Crippen LogP contribution in [0.4, 0.5) is 10.1 Å². The van der Waals surface area contributed by atoms with Crippen LogP contribution in [0.3, 0.4) is 0 Å². The van der Waals surface area contributed by atoms with Gasteiger partial charge in [0.05, 0.1) is 5.69 Å². The van der Waals surface area contributed by atoms with Crippen LogP contribution in [0.25, 0.3) is 0 Å². The van der Waals surface area contributed by atoms with Gasteiger partial charge in [-0.15, -0.1) is 0 Å². The van der Waals surface area contributed by atoms with Crippen molar-refractivity contribution in [3.63, 3.8) is 0 Å². The van der Waals surface area contributed by atoms with E-state index in [2.05, 4.69) is 22.5 Å². The molecule has 1 heterocycles. The molecule has 104 valence electrons. The van der Waals surface area contributed by atoms with Crippen molar-refractivity contribution in [3.05, 3.63) is 30.1 Å². The summed E-state index contributed by atoms with van der Waals surface area (Å²) >= 11 is 0. The number of nitrogens with one attached hydrogen (secondary N) is 2. The predicted octanol–water partition coefficient (Wildman–Crippen LogP) is 1.45. The molecule has 1 aromatic rings. The number of rotatable bonds is 4. The monoisotopic (exact) mass is 265 g/mol. The Morgan fingerprint density at radius 2 is 2.32 bits per heavy atom. The van der Waals surface area contributed by atoms with E-state index in [1.165, 1.54) is 6.07 Å². The summed E-state index contributed by atoms with van der Waals surface area (Å²) in [6.45, 7) is 5.71. The quantitative estimate of drug-likeness (QED) is 0.866. The molecule has 0 aliphatic carbocycles. The fraction of sp³-hybridized carbons (Fsp3) is 0.500. The van der Waals surface area contributed by atoms with Gasteiger partial charge in [-0.3, -0.25) is 9.69 Å². The highest BCUT2D eigenvalue weighted by Crippen LogP contribution is 2.12. The van der Waals surface area contributed by atoms with E-state index in [4.69, 9.17) is 0 Å². The van der Waals surface area contributed by atoms with Gasteiger partial charge in [0.2, 0.25) is 5.91 Å². The Hall–Kier alpha value is -1.46. The molecule has 1 saturated heterocycles. The van der Waals surface area contributed by atoms with Crippen molar-refractivity contribution < 1.29 is 9.18 Å². The first-order valence-electron chi connectivity index (χ1n) is 6.66. The number of carbonyl (C=O) groups is 1. The lowest BCUT2D eigenvalue weighted by molar-refractivity contribution is -0.116. The summed E-state index contributed by atoms with van der Waals surface area (Å²) in [5.41, 5.74) is 0.251. The van der Waals surface area contributed by atoms with Crippen molar-refractivity contribution in [2.45, 2.75) is 19.4 Å². The molecular formula is C14H20FN3O. The lowest BCUT2D eigenvalue weighted by Crippen LogP contribution is -2.50. The van der Waals surface area contributed by atoms with Gasteiger partial charge in [-0.2, -0.15) is 0 Å². The van der Waals surface area contributed by atoms with Gasteiger partial charge >= 0.3 is 0 Å². The lowest BCUT2D eigenvalue weighted by atomic mass is 10.2. The van der Waals surface area contributed by atoms with Crippen LogP contribution < -0.4 is 10.6 Å². The molecule has 1 aliphatic rings. The zero-order chi connectivity index (χ0) is 13.7. The number of piperazine rings is 1. The topological polar surface area (TPSA) is 44.4 Å². The second-order valence-electron chi connectivity index (χ2n) is 4.87. The van der Waals surface area contributed by atoms with Gasteiger partial charge < -0.3 is 10.6 Å². The molecule has 0 bridgehead atoms. The molecule has 0 radical (unpaired) electrons. The second-order valence-corrected chi connectivity index (χ2v) is 4.87. The highest BCUT2D eigenvalue weighted by atomic mass is 19.1. The SMILES string of the molecule is CC1CNCCN1CCC(=O)Nc1ccccc1F. The summed E-state index contributed by atoms with van der Waals surface area (Å²) < 4.78 is 13.4. The first-order chi connectivity index (χ1) is 9.16. The van der Waals surface area contributed by atoms with Gasteiger partial charge in [0.1, 0.15) is 5.82 Å². The maximum absolute atomic E-state index is 13.4. The Morgan fingerprint density at radius 1 is 1.53 bits per heavy atom. The van der Waals surface area contributed by atoms with Gasteiger partial charge in [-0.05, 0) is 19.1 Å². The third-order valence-corrected chi connectivity index (χ3v) is 3.41. The van der Waals surface area contributed by atoms with Gasteiger partial charge in [-0.1, -0.05) is 12.1 Å². The number of hydrogen-bond donors (Lipinski definition) is 2. The molecule has 0 saturated carbocycles. The number of para-hydroxylation sites is 1. The molecule has 5 heteroatoms. The van der Waals surface area contributed by atoms with E-state index in [-0.39, 0.29) is 11.6 Å². The number of amides is 1. The average molecular weight is 265 g/mol. The highest BCUT2D eigenvalue weighted by molar-refractivity contribution is 5.90. The van der Waals surface area contributed by atoms with E-state index >= 15 is 0 Å². The van der Waals surface area contributed by atoms with Crippen LogP contribution in [0.15, 0.2) is 24.3 Å². The first-order valence-corrected chi connectivity index (χ1v) is 6.66. The minimum atomic E-state index is -0.397. The molecule has 0 aromatic heterocycles. The molecule has 1 atom stereocenters. The predicted molar refractivity (Wildman–Crippen MR) is 73.6 cm³/mol. The Labute approximate surface area is 113 Å². The van der Waals surface area contributed by atoms with Crippen molar-refractivity contribution >= 4 is 11.6 Å². The molecule has 2 N–H and O–H groups in total. The molecule has 0 spiro atoms. The molecule has 19 heavy (non-hydrogen) atoms. The molecule has 1 aliphatic heterocycles. The second kappa shape index (κ2) is 6.63. The maximum atomic E-state index is 13.4. The molecule has 1 amide bonds. The standard InChI is InChI=1S/C14H20FN3O/c1-11-10-16-7-9-18(11)8-6-14(19)17-13-5-3-2-4-12(13)15/h2-5,11,16H,6-10H2,1H3,(H,17,19). The number of anilines is 1. The molecule has 1 fully saturated rings. The van der Waals surface area contributed by atoms with Crippen molar-refractivity contribution in [2.75, 3.05) is 31.5 Å². The van der Waals surface area contributed by atoms with E-state index in [1.54, 1.807) is 18.2 Å². The van der Waals surface area contributed by atoms with Crippen molar-refractivity contribution in [1.82, 2.24) is 10.2 Å². The third kappa shape index (κ3) is 4.01. The zero-order valence-electron chi connectivity index (χ0n) is 11.2. The largest absolute Gasteiger partial charge is 0.324 e. The Morgan fingerprint density at radius 3 is 3.05 bits per heavy atom. The Balaban J connectivity index is 1.80. The molecular weight excluding hydrogens is 245 g/mol. The Kier molecular flexibility index (Phi) is 4.87. The van der Waals surface area contributed by atoms with Crippen LogP contribution in [-0.4, -0.2) is 43.0 Å². The summed E-state index contributed by atoms with van der Waals surface area (Å²) in [5.74, 6) is -0.540. The van der Waals surface area contributed by atoms with Crippen molar-refractivity contribution in [1.29, 1.82) is 0 Å². The fourth-order valence-electron chi connectivity index (χ4n) is 2.24. The molecule has 1 aromatic carbocycles. The average Bonchev–Trinajstić information content (AvgIpc) is 2.40. The summed E-state index contributed by atoms with van der Waals surface area (Å²) in [7, 11) is 0. The van der Waals surface area contributed by atoms with Crippen LogP contribution >= 0.6 is 0 Å². The van der Waals surface area contributed by atoms with E-state index in [0.29, 0.717) is 19.0 Å². The van der Waals surface area contributed by atoms with Gasteiger partial charge in [0.25, 0.3) is 0 Å². The minimum Gasteiger partial charge on any atom is -0.324 e. The van der Waals surface area contributed by atoms with Gasteiger partial charge in [0.15, 0.2) is 0 Å². The van der Waals surface area contributed by atoms with Crippen LogP contribution in [0.5, 0.6) is 0 Å². The van der Waals surface area contributed by atoms with E-state index in [0.717, 1.165) is 19.6 Å². The van der Waals surface area contributed by atoms with Crippen LogP contribution in [0, 0.1) is 5.82 Å². The van der Waals surface area contributed by atoms with E-state index < -0.39 is 5.82 Å². The lowest BCUT2D eigenvalue weighted by Gasteiger charge is -2.33. The molecule has 1 unspecified atom stereocenters. The smallest absolute Gasteiger partial charge is 0.225 e. The third-order valence-electron chi connectivity index (χ3n) is 3.41. The number of halogens is 1. The number of carbonyl (C=O) groups excluding carboxylic acids is 1. The van der Waals surface area contributed by atoms with E-state index in [9.17, 15) is 9.18 Å². The van der Waals surface area contributed by atoms with Crippen LogP contribution in [0.2, 0.25) is 0 Å². The summed E-state index contributed by atoms with van der Waals surface area (Å²) in [4.78, 5) is 14.1. The Bertz CT molecular complexity index is 438. The number of hydrogen-bond acceptors (Lipinski definition) is 3. The zero-order valence-corrected chi connectivity index (χ0v) is 11.2. The van der Waals surface area contributed by atoms with Crippen molar-refractivity contribution in [2.24, 2.45) is 0 Å². The summed E-state index contributed by atoms with van der Waals surface area (Å²) in [6.07, 6.45) is 0.388. The fourth-order valence-corrected chi connectivity index (χ4v) is 2.24. The van der Waals surface area contributed by atoms with Crippen LogP contribution in [-0.2, 0) is 4.79 Å². The molecule has 4 nitrogen and oxygen atoms in total. The van der Waals surface area contributed by atoms with Crippen molar-refractivity contribution in [3.8, 4) is 0 Å². The van der Waals surface area contributed by atoms with Gasteiger partial charge in [0, 0.05) is 38.6 Å². The summed E-state index contributed by atoms with van der Waals surface area (Å²) in [6, 6.07) is 6.66. The van der Waals surface area contributed by atoms with E-state index in [1.807, 2.05) is 0 Å². The minimum absolute atomic E-state index is 0.143.